The molecule has 0 amide bonds. The Labute approximate surface area is 108 Å². The Balaban J connectivity index is 2.16. The Bertz CT molecular complexity index is 310. The van der Waals surface area contributed by atoms with Crippen LogP contribution in [0.15, 0.2) is 24.3 Å². The van der Waals surface area contributed by atoms with Crippen LogP contribution >= 0.6 is 0 Å². The Kier molecular flexibility index (Phi) is 7.41. The van der Waals surface area contributed by atoms with Crippen molar-refractivity contribution in [3.05, 3.63) is 29.8 Å². The molecule has 0 radical (unpaired) electrons. The number of aliphatic hydroxyl groups is 2. The molecule has 1 aromatic carbocycles. The average molecular weight is 254 g/mol. The topological polar surface area (TPSA) is 58.9 Å². The summed E-state index contributed by atoms with van der Waals surface area (Å²) in [4.78, 5) is 0. The van der Waals surface area contributed by atoms with Crippen molar-refractivity contribution in [1.82, 2.24) is 0 Å². The normalized spacial score (nSPS) is 12.4. The van der Waals surface area contributed by atoms with Gasteiger partial charge in [0.1, 0.15) is 5.75 Å². The second-order valence-electron chi connectivity index (χ2n) is 4.24. The first kappa shape index (κ1) is 15.0. The van der Waals surface area contributed by atoms with Gasteiger partial charge in [0.15, 0.2) is 0 Å². The van der Waals surface area contributed by atoms with Crippen LogP contribution < -0.4 is 4.74 Å². The van der Waals surface area contributed by atoms with Crippen molar-refractivity contribution < 1.29 is 19.7 Å². The van der Waals surface area contributed by atoms with E-state index in [-0.39, 0.29) is 6.61 Å². The molecule has 4 heteroatoms. The largest absolute Gasteiger partial charge is 0.497 e. The van der Waals surface area contributed by atoms with Crippen molar-refractivity contribution in [3.8, 4) is 5.75 Å². The minimum atomic E-state index is -0.449. The quantitative estimate of drug-likeness (QED) is 0.659. The number of ether oxygens (including phenoxy) is 2. The van der Waals surface area contributed by atoms with Crippen LogP contribution in [0.5, 0.6) is 5.75 Å². The van der Waals surface area contributed by atoms with Gasteiger partial charge in [0, 0.05) is 6.61 Å². The van der Waals surface area contributed by atoms with Crippen LogP contribution in [-0.4, -0.2) is 36.6 Å². The van der Waals surface area contributed by atoms with Crippen molar-refractivity contribution in [1.29, 1.82) is 0 Å². The first-order valence-corrected chi connectivity index (χ1v) is 6.26. The number of unbranched alkanes of at least 4 members (excludes halogenated alkanes) is 1. The molecule has 0 heterocycles. The highest BCUT2D eigenvalue weighted by molar-refractivity contribution is 5.26. The first-order valence-electron chi connectivity index (χ1n) is 6.26. The third-order valence-electron chi connectivity index (χ3n) is 2.68. The van der Waals surface area contributed by atoms with Gasteiger partial charge in [-0.15, -0.1) is 0 Å². The van der Waals surface area contributed by atoms with Gasteiger partial charge >= 0.3 is 0 Å². The molecule has 102 valence electrons. The van der Waals surface area contributed by atoms with Gasteiger partial charge in [0.2, 0.25) is 0 Å². The zero-order valence-corrected chi connectivity index (χ0v) is 10.8. The summed E-state index contributed by atoms with van der Waals surface area (Å²) in [5.74, 6) is 0.822. The number of benzene rings is 1. The van der Waals surface area contributed by atoms with Gasteiger partial charge < -0.3 is 19.7 Å². The van der Waals surface area contributed by atoms with E-state index in [4.69, 9.17) is 14.6 Å². The monoisotopic (exact) mass is 254 g/mol. The lowest BCUT2D eigenvalue weighted by Gasteiger charge is -2.11. The molecule has 0 unspecified atom stereocenters. The van der Waals surface area contributed by atoms with Crippen LogP contribution in [0.4, 0.5) is 0 Å². The molecular formula is C14H22O4. The number of aliphatic hydroxyl groups excluding tert-OH is 2. The molecule has 0 saturated heterocycles. The lowest BCUT2D eigenvalue weighted by molar-refractivity contribution is 0.0229. The first-order chi connectivity index (χ1) is 8.76. The fourth-order valence-electron chi connectivity index (χ4n) is 1.61. The molecule has 0 aliphatic carbocycles. The summed E-state index contributed by atoms with van der Waals surface area (Å²) in [6, 6.07) is 7.65. The fraction of sp³-hybridized carbons (Fsp3) is 0.571. The van der Waals surface area contributed by atoms with Crippen molar-refractivity contribution in [2.75, 3.05) is 20.3 Å². The highest BCUT2D eigenvalue weighted by Crippen LogP contribution is 2.12. The highest BCUT2D eigenvalue weighted by atomic mass is 16.5. The third-order valence-corrected chi connectivity index (χ3v) is 2.68. The maximum atomic E-state index is 9.61. The molecule has 0 saturated carbocycles. The summed E-state index contributed by atoms with van der Waals surface area (Å²) in [5, 5.41) is 18.2. The van der Waals surface area contributed by atoms with Gasteiger partial charge in [-0.25, -0.2) is 0 Å². The number of hydrogen-bond donors (Lipinski definition) is 2. The van der Waals surface area contributed by atoms with E-state index in [1.807, 2.05) is 24.3 Å². The molecule has 2 N–H and O–H groups in total. The summed E-state index contributed by atoms with van der Waals surface area (Å²) < 4.78 is 10.5. The second-order valence-corrected chi connectivity index (χ2v) is 4.24. The van der Waals surface area contributed by atoms with E-state index in [0.29, 0.717) is 19.6 Å². The molecular weight excluding hydrogens is 232 g/mol. The molecule has 0 fully saturated rings. The Hall–Kier alpha value is -1.10. The third kappa shape index (κ3) is 6.00. The lowest BCUT2D eigenvalue weighted by Crippen LogP contribution is -2.15. The van der Waals surface area contributed by atoms with Gasteiger partial charge in [-0.1, -0.05) is 12.1 Å². The maximum Gasteiger partial charge on any atom is 0.118 e. The summed E-state index contributed by atoms with van der Waals surface area (Å²) in [5.41, 5.74) is 1.05. The molecule has 0 bridgehead atoms. The molecule has 1 rings (SSSR count). The number of methoxy groups -OCH3 is 1. The number of hydrogen-bond acceptors (Lipinski definition) is 4. The smallest absolute Gasteiger partial charge is 0.118 e. The van der Waals surface area contributed by atoms with Crippen LogP contribution in [-0.2, 0) is 11.3 Å². The predicted octanol–water partition coefficient (Wildman–Crippen LogP) is 1.74. The van der Waals surface area contributed by atoms with Gasteiger partial charge in [-0.05, 0) is 37.0 Å². The molecule has 0 aliphatic rings. The highest BCUT2D eigenvalue weighted by Gasteiger charge is 2.04. The number of rotatable bonds is 9. The van der Waals surface area contributed by atoms with Crippen LogP contribution in [0, 0.1) is 0 Å². The zero-order chi connectivity index (χ0) is 13.2. The SMILES string of the molecule is COc1ccc(COC[C@@H](O)CCCCO)cc1. The van der Waals surface area contributed by atoms with E-state index in [1.54, 1.807) is 7.11 Å². The Morgan fingerprint density at radius 3 is 2.50 bits per heavy atom. The summed E-state index contributed by atoms with van der Waals surface area (Å²) in [7, 11) is 1.63. The average Bonchev–Trinajstić information content (AvgIpc) is 2.40. The van der Waals surface area contributed by atoms with Gasteiger partial charge in [0.25, 0.3) is 0 Å². The van der Waals surface area contributed by atoms with Crippen LogP contribution in [0.2, 0.25) is 0 Å². The molecule has 18 heavy (non-hydrogen) atoms. The molecule has 4 nitrogen and oxygen atoms in total. The van der Waals surface area contributed by atoms with Crippen molar-refractivity contribution in [3.63, 3.8) is 0 Å². The van der Waals surface area contributed by atoms with Crippen LogP contribution in [0.25, 0.3) is 0 Å². The molecule has 0 aliphatic heterocycles. The van der Waals surface area contributed by atoms with E-state index >= 15 is 0 Å². The molecule has 0 aromatic heterocycles. The minimum absolute atomic E-state index is 0.180. The van der Waals surface area contributed by atoms with Crippen molar-refractivity contribution in [2.45, 2.75) is 32.0 Å². The second kappa shape index (κ2) is 8.91. The van der Waals surface area contributed by atoms with Crippen LogP contribution in [0.3, 0.4) is 0 Å². The lowest BCUT2D eigenvalue weighted by atomic mass is 10.2. The summed E-state index contributed by atoms with van der Waals surface area (Å²) in [6.07, 6.45) is 1.78. The van der Waals surface area contributed by atoms with Gasteiger partial charge in [-0.2, -0.15) is 0 Å². The van der Waals surface area contributed by atoms with E-state index in [9.17, 15) is 5.11 Å². The summed E-state index contributed by atoms with van der Waals surface area (Å²) >= 11 is 0. The van der Waals surface area contributed by atoms with E-state index in [2.05, 4.69) is 0 Å². The molecule has 1 aromatic rings. The van der Waals surface area contributed by atoms with E-state index in [1.165, 1.54) is 0 Å². The zero-order valence-electron chi connectivity index (χ0n) is 10.8. The van der Waals surface area contributed by atoms with Crippen molar-refractivity contribution >= 4 is 0 Å². The Morgan fingerprint density at radius 1 is 1.17 bits per heavy atom. The van der Waals surface area contributed by atoms with Crippen LogP contribution in [0.1, 0.15) is 24.8 Å². The van der Waals surface area contributed by atoms with E-state index < -0.39 is 6.10 Å². The predicted molar refractivity (Wildman–Crippen MR) is 69.6 cm³/mol. The minimum Gasteiger partial charge on any atom is -0.497 e. The molecule has 0 spiro atoms. The standard InChI is InChI=1S/C14H22O4/c1-17-14-7-5-12(6-8-14)10-18-11-13(16)4-2-3-9-15/h5-8,13,15-16H,2-4,9-11H2,1H3/t13-/m0/s1. The molecule has 1 atom stereocenters. The van der Waals surface area contributed by atoms with Crippen molar-refractivity contribution in [2.24, 2.45) is 0 Å². The van der Waals surface area contributed by atoms with Gasteiger partial charge in [0.05, 0.1) is 26.4 Å². The van der Waals surface area contributed by atoms with Gasteiger partial charge in [-0.3, -0.25) is 0 Å². The fourth-order valence-corrected chi connectivity index (χ4v) is 1.61. The van der Waals surface area contributed by atoms with E-state index in [0.717, 1.165) is 24.2 Å². The maximum absolute atomic E-state index is 9.61. The summed E-state index contributed by atoms with van der Waals surface area (Å²) in [6.45, 7) is 0.998. The Morgan fingerprint density at radius 2 is 1.89 bits per heavy atom.